The number of ether oxygens (including phenoxy) is 1. The van der Waals surface area contributed by atoms with Gasteiger partial charge >= 0.3 is 0 Å². The molecule has 0 heterocycles. The van der Waals surface area contributed by atoms with E-state index in [0.29, 0.717) is 11.4 Å². The van der Waals surface area contributed by atoms with Gasteiger partial charge in [0.1, 0.15) is 11.5 Å². The molecule has 138 valence electrons. The van der Waals surface area contributed by atoms with Crippen LogP contribution in [0.4, 0.5) is 5.69 Å². The van der Waals surface area contributed by atoms with Crippen molar-refractivity contribution in [3.63, 3.8) is 0 Å². The number of nitrogens with one attached hydrogen (secondary N) is 2. The number of hydrogen-bond acceptors (Lipinski definition) is 4. The zero-order valence-corrected chi connectivity index (χ0v) is 15.2. The predicted octanol–water partition coefficient (Wildman–Crippen LogP) is 3.32. The summed E-state index contributed by atoms with van der Waals surface area (Å²) < 4.78 is 5.00. The largest absolute Gasteiger partial charge is 0.507 e. The Hall–Kier alpha value is -3.02. The van der Waals surface area contributed by atoms with Crippen LogP contribution in [0, 0.1) is 5.92 Å². The van der Waals surface area contributed by atoms with E-state index < -0.39 is 0 Å². The van der Waals surface area contributed by atoms with Gasteiger partial charge in [-0.15, -0.1) is 0 Å². The van der Waals surface area contributed by atoms with Crippen molar-refractivity contribution in [1.29, 1.82) is 0 Å². The van der Waals surface area contributed by atoms with Crippen LogP contribution in [0.15, 0.2) is 42.5 Å². The maximum absolute atomic E-state index is 12.2. The van der Waals surface area contributed by atoms with Crippen molar-refractivity contribution in [2.75, 3.05) is 12.4 Å². The Morgan fingerprint density at radius 1 is 1.19 bits per heavy atom. The summed E-state index contributed by atoms with van der Waals surface area (Å²) in [6.07, 6.45) is 0.771. The summed E-state index contributed by atoms with van der Waals surface area (Å²) in [5, 5.41) is 15.5. The van der Waals surface area contributed by atoms with Gasteiger partial charge in [0.15, 0.2) is 0 Å². The van der Waals surface area contributed by atoms with Crippen LogP contribution in [0.5, 0.6) is 11.5 Å². The number of carbonyl (C=O) groups is 2. The van der Waals surface area contributed by atoms with E-state index in [0.717, 1.165) is 12.0 Å². The minimum atomic E-state index is -0.390. The summed E-state index contributed by atoms with van der Waals surface area (Å²) in [4.78, 5) is 24.2. The first-order valence-electron chi connectivity index (χ1n) is 8.49. The number of benzene rings is 2. The molecule has 0 fully saturated rings. The molecule has 0 saturated carbocycles. The molecule has 2 aromatic rings. The summed E-state index contributed by atoms with van der Waals surface area (Å²) in [5.74, 6) is -0.146. The van der Waals surface area contributed by atoms with Crippen LogP contribution < -0.4 is 15.4 Å². The van der Waals surface area contributed by atoms with Gasteiger partial charge in [-0.1, -0.05) is 26.0 Å². The number of aromatic hydroxyl groups is 1. The van der Waals surface area contributed by atoms with Crippen LogP contribution in [0.2, 0.25) is 0 Å². The molecule has 0 aliphatic carbocycles. The third-order valence-electron chi connectivity index (χ3n) is 4.16. The Morgan fingerprint density at radius 2 is 1.96 bits per heavy atom. The molecule has 0 aliphatic rings. The fourth-order valence-electron chi connectivity index (χ4n) is 2.32. The molecule has 2 aromatic carbocycles. The van der Waals surface area contributed by atoms with Gasteiger partial charge in [-0.05, 0) is 36.2 Å². The molecule has 0 bridgehead atoms. The van der Waals surface area contributed by atoms with Crippen molar-refractivity contribution in [2.24, 2.45) is 5.92 Å². The summed E-state index contributed by atoms with van der Waals surface area (Å²) in [6.45, 7) is 4.11. The first-order chi connectivity index (χ1) is 12.4. The molecule has 0 spiro atoms. The highest BCUT2D eigenvalue weighted by Crippen LogP contribution is 2.23. The fourth-order valence-corrected chi connectivity index (χ4v) is 2.32. The van der Waals surface area contributed by atoms with E-state index in [-0.39, 0.29) is 35.6 Å². The molecule has 1 atom stereocenters. The zero-order valence-electron chi connectivity index (χ0n) is 15.2. The van der Waals surface area contributed by atoms with Crippen molar-refractivity contribution in [2.45, 2.75) is 26.8 Å². The zero-order chi connectivity index (χ0) is 19.1. The third kappa shape index (κ3) is 4.99. The molecule has 0 saturated heterocycles. The minimum Gasteiger partial charge on any atom is -0.507 e. The van der Waals surface area contributed by atoms with Crippen molar-refractivity contribution < 1.29 is 19.4 Å². The lowest BCUT2D eigenvalue weighted by Gasteiger charge is -2.12. The SMILES string of the molecule is CCC(C)C(=O)Nc1cccc(CNC(=O)c2ccc(OC)cc2O)c1. The first-order valence-corrected chi connectivity index (χ1v) is 8.49. The number of anilines is 1. The monoisotopic (exact) mass is 356 g/mol. The third-order valence-corrected chi connectivity index (χ3v) is 4.16. The van der Waals surface area contributed by atoms with Crippen molar-refractivity contribution in [3.05, 3.63) is 53.6 Å². The van der Waals surface area contributed by atoms with Crippen LogP contribution in [0.3, 0.4) is 0 Å². The second-order valence-electron chi connectivity index (χ2n) is 6.06. The summed E-state index contributed by atoms with van der Waals surface area (Å²) in [7, 11) is 1.49. The Kier molecular flexibility index (Phi) is 6.60. The van der Waals surface area contributed by atoms with Gasteiger partial charge in [0.2, 0.25) is 5.91 Å². The van der Waals surface area contributed by atoms with E-state index in [2.05, 4.69) is 10.6 Å². The molecule has 2 amide bonds. The Bertz CT molecular complexity index is 789. The molecule has 6 heteroatoms. The van der Waals surface area contributed by atoms with Gasteiger partial charge < -0.3 is 20.5 Å². The number of hydrogen-bond donors (Lipinski definition) is 3. The number of phenols is 1. The normalized spacial score (nSPS) is 11.5. The van der Waals surface area contributed by atoms with Crippen LogP contribution in [-0.2, 0) is 11.3 Å². The van der Waals surface area contributed by atoms with E-state index in [9.17, 15) is 14.7 Å². The first kappa shape index (κ1) is 19.3. The smallest absolute Gasteiger partial charge is 0.255 e. The number of carbonyl (C=O) groups excluding carboxylic acids is 2. The van der Waals surface area contributed by atoms with Gasteiger partial charge in [0, 0.05) is 24.2 Å². The number of phenolic OH excluding ortho intramolecular Hbond substituents is 1. The predicted molar refractivity (Wildman–Crippen MR) is 100 cm³/mol. The maximum Gasteiger partial charge on any atom is 0.255 e. The molecule has 3 N–H and O–H groups in total. The molecule has 2 rings (SSSR count). The Labute approximate surface area is 153 Å². The minimum absolute atomic E-state index is 0.0307. The molecule has 26 heavy (non-hydrogen) atoms. The quantitative estimate of drug-likeness (QED) is 0.710. The maximum atomic E-state index is 12.2. The Morgan fingerprint density at radius 3 is 2.62 bits per heavy atom. The number of rotatable bonds is 7. The topological polar surface area (TPSA) is 87.7 Å². The lowest BCUT2D eigenvalue weighted by molar-refractivity contribution is -0.119. The van der Waals surface area contributed by atoms with E-state index in [4.69, 9.17) is 4.74 Å². The second-order valence-corrected chi connectivity index (χ2v) is 6.06. The van der Waals surface area contributed by atoms with Gasteiger partial charge in [0.25, 0.3) is 5.91 Å². The molecule has 6 nitrogen and oxygen atoms in total. The summed E-state index contributed by atoms with van der Waals surface area (Å²) in [6, 6.07) is 11.8. The molecular formula is C20H24N2O4. The van der Waals surface area contributed by atoms with Crippen molar-refractivity contribution in [1.82, 2.24) is 5.32 Å². The highest BCUT2D eigenvalue weighted by atomic mass is 16.5. The molecule has 0 radical (unpaired) electrons. The van der Waals surface area contributed by atoms with Crippen molar-refractivity contribution >= 4 is 17.5 Å². The van der Waals surface area contributed by atoms with Gasteiger partial charge in [0.05, 0.1) is 12.7 Å². The number of amides is 2. The van der Waals surface area contributed by atoms with E-state index in [1.54, 1.807) is 12.1 Å². The second kappa shape index (κ2) is 8.89. The van der Waals surface area contributed by atoms with Crippen LogP contribution in [0.25, 0.3) is 0 Å². The molecule has 0 aromatic heterocycles. The number of methoxy groups -OCH3 is 1. The van der Waals surface area contributed by atoms with Gasteiger partial charge in [-0.25, -0.2) is 0 Å². The van der Waals surface area contributed by atoms with Crippen LogP contribution >= 0.6 is 0 Å². The average molecular weight is 356 g/mol. The van der Waals surface area contributed by atoms with E-state index in [1.165, 1.54) is 19.2 Å². The molecule has 0 aliphatic heterocycles. The van der Waals surface area contributed by atoms with E-state index >= 15 is 0 Å². The summed E-state index contributed by atoms with van der Waals surface area (Å²) >= 11 is 0. The van der Waals surface area contributed by atoms with Gasteiger partial charge in [-0.3, -0.25) is 9.59 Å². The lowest BCUT2D eigenvalue weighted by Crippen LogP contribution is -2.23. The highest BCUT2D eigenvalue weighted by molar-refractivity contribution is 5.97. The average Bonchev–Trinajstić information content (AvgIpc) is 2.65. The van der Waals surface area contributed by atoms with Gasteiger partial charge in [-0.2, -0.15) is 0 Å². The summed E-state index contributed by atoms with van der Waals surface area (Å²) in [5.41, 5.74) is 1.70. The fraction of sp³-hybridized carbons (Fsp3) is 0.300. The van der Waals surface area contributed by atoms with Crippen LogP contribution in [-0.4, -0.2) is 24.0 Å². The van der Waals surface area contributed by atoms with E-state index in [1.807, 2.05) is 32.0 Å². The van der Waals surface area contributed by atoms with Crippen LogP contribution in [0.1, 0.15) is 36.2 Å². The van der Waals surface area contributed by atoms with Crippen molar-refractivity contribution in [3.8, 4) is 11.5 Å². The lowest BCUT2D eigenvalue weighted by atomic mass is 10.1. The molecule has 1 unspecified atom stereocenters. The highest BCUT2D eigenvalue weighted by Gasteiger charge is 2.13. The standard InChI is InChI=1S/C20H24N2O4/c1-4-13(2)19(24)22-15-7-5-6-14(10-15)12-21-20(25)17-9-8-16(26-3)11-18(17)23/h5-11,13,23H,4,12H2,1-3H3,(H,21,25)(H,22,24). The molecular weight excluding hydrogens is 332 g/mol. The Balaban J connectivity index is 2.00.